The Kier molecular flexibility index (Phi) is 4.78. The first-order valence-electron chi connectivity index (χ1n) is 9.46. The molecular weight excluding hydrogens is 392 g/mol. The van der Waals surface area contributed by atoms with E-state index in [0.717, 1.165) is 0 Å². The number of fused-ring (bicyclic) bond motifs is 2. The molecule has 0 aromatic heterocycles. The number of allylic oxidation sites excluding steroid dienone is 3. The SMILES string of the molecule is COc1ccc(C2C3=C(C(C#N)=C(N)C2(C#N)C#N)c2ccccc2OC3)cc1OC. The van der Waals surface area contributed by atoms with Crippen molar-refractivity contribution in [2.24, 2.45) is 11.1 Å². The number of hydrogen-bond donors (Lipinski definition) is 1. The van der Waals surface area contributed by atoms with Gasteiger partial charge in [0, 0.05) is 17.1 Å². The molecule has 2 aromatic rings. The van der Waals surface area contributed by atoms with E-state index < -0.39 is 11.3 Å². The lowest BCUT2D eigenvalue weighted by Gasteiger charge is -2.40. The zero-order valence-corrected chi connectivity index (χ0v) is 17.0. The zero-order valence-electron chi connectivity index (χ0n) is 17.0. The number of methoxy groups -OCH3 is 2. The van der Waals surface area contributed by atoms with E-state index in [2.05, 4.69) is 18.2 Å². The molecule has 0 saturated carbocycles. The fourth-order valence-corrected chi connectivity index (χ4v) is 4.35. The molecule has 1 heterocycles. The molecule has 2 N–H and O–H groups in total. The molecule has 1 aliphatic carbocycles. The van der Waals surface area contributed by atoms with Crippen LogP contribution in [-0.2, 0) is 0 Å². The van der Waals surface area contributed by atoms with Gasteiger partial charge in [0.05, 0.1) is 37.6 Å². The molecule has 7 nitrogen and oxygen atoms in total. The lowest BCUT2D eigenvalue weighted by atomic mass is 9.61. The largest absolute Gasteiger partial charge is 0.493 e. The summed E-state index contributed by atoms with van der Waals surface area (Å²) in [6.45, 7) is 0.120. The molecule has 2 aromatic carbocycles. The Balaban J connectivity index is 2.07. The molecule has 4 rings (SSSR count). The van der Waals surface area contributed by atoms with E-state index in [1.165, 1.54) is 14.2 Å². The van der Waals surface area contributed by atoms with Crippen LogP contribution in [0.4, 0.5) is 0 Å². The normalized spacial score (nSPS) is 18.5. The molecule has 0 fully saturated rings. The average Bonchev–Trinajstić information content (AvgIpc) is 2.82. The maximum absolute atomic E-state index is 10.2. The summed E-state index contributed by atoms with van der Waals surface area (Å²) in [6.07, 6.45) is 0. The van der Waals surface area contributed by atoms with Crippen molar-refractivity contribution in [3.05, 3.63) is 70.4 Å². The van der Waals surface area contributed by atoms with E-state index in [4.69, 9.17) is 19.9 Å². The number of nitrogens with two attached hydrogens (primary N) is 1. The minimum atomic E-state index is -1.78. The van der Waals surface area contributed by atoms with Gasteiger partial charge < -0.3 is 19.9 Å². The highest BCUT2D eigenvalue weighted by molar-refractivity contribution is 5.92. The Morgan fingerprint density at radius 2 is 1.74 bits per heavy atom. The summed E-state index contributed by atoms with van der Waals surface area (Å²) >= 11 is 0. The van der Waals surface area contributed by atoms with Crippen molar-refractivity contribution in [2.75, 3.05) is 20.8 Å². The first kappa shape index (κ1) is 19.9. The van der Waals surface area contributed by atoms with E-state index in [9.17, 15) is 15.8 Å². The monoisotopic (exact) mass is 410 g/mol. The van der Waals surface area contributed by atoms with Gasteiger partial charge in [-0.15, -0.1) is 0 Å². The predicted octanol–water partition coefficient (Wildman–Crippen LogP) is 3.42. The minimum Gasteiger partial charge on any atom is -0.493 e. The zero-order chi connectivity index (χ0) is 22.2. The number of rotatable bonds is 3. The topological polar surface area (TPSA) is 125 Å². The third-order valence-corrected chi connectivity index (χ3v) is 5.79. The predicted molar refractivity (Wildman–Crippen MR) is 112 cm³/mol. The Morgan fingerprint density at radius 1 is 1.03 bits per heavy atom. The fourth-order valence-electron chi connectivity index (χ4n) is 4.35. The highest BCUT2D eigenvalue weighted by Gasteiger charge is 2.52. The van der Waals surface area contributed by atoms with Crippen LogP contribution < -0.4 is 19.9 Å². The quantitative estimate of drug-likeness (QED) is 0.822. The average molecular weight is 410 g/mol. The van der Waals surface area contributed by atoms with Crippen LogP contribution in [0.3, 0.4) is 0 Å². The Labute approximate surface area is 179 Å². The van der Waals surface area contributed by atoms with Crippen molar-refractivity contribution in [2.45, 2.75) is 5.92 Å². The molecule has 0 spiro atoms. The first-order valence-corrected chi connectivity index (χ1v) is 9.46. The molecule has 1 aliphatic heterocycles. The molecule has 0 amide bonds. The third-order valence-electron chi connectivity index (χ3n) is 5.79. The number of benzene rings is 2. The molecule has 1 unspecified atom stereocenters. The minimum absolute atomic E-state index is 0.0600. The standard InChI is InChI=1S/C24H18N4O3/c1-29-19-8-7-14(9-20(19)30-2)22-17-11-31-18-6-4-3-5-15(18)21(17)16(10-25)23(28)24(22,12-26)13-27/h3-9,22H,11,28H2,1-2H3. The summed E-state index contributed by atoms with van der Waals surface area (Å²) in [5.41, 5.74) is 7.29. The summed E-state index contributed by atoms with van der Waals surface area (Å²) in [5, 5.41) is 30.2. The maximum Gasteiger partial charge on any atom is 0.194 e. The van der Waals surface area contributed by atoms with Crippen LogP contribution in [0.2, 0.25) is 0 Å². The van der Waals surface area contributed by atoms with Crippen LogP contribution in [0, 0.1) is 39.4 Å². The van der Waals surface area contributed by atoms with Crippen molar-refractivity contribution in [1.82, 2.24) is 0 Å². The van der Waals surface area contributed by atoms with E-state index in [1.54, 1.807) is 18.2 Å². The summed E-state index contributed by atoms with van der Waals surface area (Å²) in [4.78, 5) is 0. The van der Waals surface area contributed by atoms with Gasteiger partial charge in [-0.25, -0.2) is 0 Å². The van der Waals surface area contributed by atoms with Crippen LogP contribution in [-0.4, -0.2) is 20.8 Å². The molecule has 152 valence electrons. The summed E-state index contributed by atoms with van der Waals surface area (Å²) in [5.74, 6) is 0.831. The van der Waals surface area contributed by atoms with Gasteiger partial charge in [-0.2, -0.15) is 15.8 Å². The van der Waals surface area contributed by atoms with E-state index in [0.29, 0.717) is 39.5 Å². The van der Waals surface area contributed by atoms with Crippen molar-refractivity contribution < 1.29 is 14.2 Å². The number of ether oxygens (including phenoxy) is 3. The number of nitriles is 3. The van der Waals surface area contributed by atoms with Gasteiger partial charge in [0.15, 0.2) is 16.9 Å². The van der Waals surface area contributed by atoms with Gasteiger partial charge in [0.2, 0.25) is 0 Å². The maximum atomic E-state index is 10.2. The lowest BCUT2D eigenvalue weighted by Crippen LogP contribution is -2.40. The summed E-state index contributed by atoms with van der Waals surface area (Å²) in [7, 11) is 3.04. The number of hydrogen-bond acceptors (Lipinski definition) is 7. The Hall–Kier alpha value is -4.41. The van der Waals surface area contributed by atoms with Crippen LogP contribution in [0.15, 0.2) is 59.3 Å². The molecule has 0 bridgehead atoms. The van der Waals surface area contributed by atoms with Crippen LogP contribution in [0.5, 0.6) is 17.2 Å². The fraction of sp³-hybridized carbons (Fsp3) is 0.208. The van der Waals surface area contributed by atoms with Crippen LogP contribution in [0.25, 0.3) is 5.57 Å². The second-order valence-corrected chi connectivity index (χ2v) is 7.16. The lowest BCUT2D eigenvalue weighted by molar-refractivity contribution is 0.322. The van der Waals surface area contributed by atoms with Crippen molar-refractivity contribution in [3.8, 4) is 35.5 Å². The second kappa shape index (κ2) is 7.44. The molecule has 31 heavy (non-hydrogen) atoms. The smallest absolute Gasteiger partial charge is 0.194 e. The molecule has 1 atom stereocenters. The molecule has 7 heteroatoms. The Morgan fingerprint density at radius 3 is 2.39 bits per heavy atom. The first-order chi connectivity index (χ1) is 15.1. The van der Waals surface area contributed by atoms with Crippen molar-refractivity contribution >= 4 is 5.57 Å². The molecular formula is C24H18N4O3. The van der Waals surface area contributed by atoms with Crippen molar-refractivity contribution in [3.63, 3.8) is 0 Å². The van der Waals surface area contributed by atoms with Crippen molar-refractivity contribution in [1.29, 1.82) is 15.8 Å². The molecule has 0 saturated heterocycles. The molecule has 2 aliphatic rings. The highest BCUT2D eigenvalue weighted by Crippen LogP contribution is 2.55. The Bertz CT molecular complexity index is 1260. The van der Waals surface area contributed by atoms with Gasteiger partial charge in [-0.3, -0.25) is 0 Å². The van der Waals surface area contributed by atoms with Gasteiger partial charge in [-0.05, 0) is 29.3 Å². The second-order valence-electron chi connectivity index (χ2n) is 7.16. The third kappa shape index (κ3) is 2.70. The summed E-state index contributed by atoms with van der Waals surface area (Å²) in [6, 6.07) is 18.9. The van der Waals surface area contributed by atoms with Crippen LogP contribution >= 0.6 is 0 Å². The van der Waals surface area contributed by atoms with E-state index in [-0.39, 0.29) is 17.9 Å². The highest BCUT2D eigenvalue weighted by atomic mass is 16.5. The van der Waals surface area contributed by atoms with Gasteiger partial charge in [-0.1, -0.05) is 24.3 Å². The van der Waals surface area contributed by atoms with Crippen LogP contribution in [0.1, 0.15) is 17.0 Å². The number of para-hydroxylation sites is 1. The van der Waals surface area contributed by atoms with Gasteiger partial charge >= 0.3 is 0 Å². The summed E-state index contributed by atoms with van der Waals surface area (Å²) < 4.78 is 16.7. The van der Waals surface area contributed by atoms with Gasteiger partial charge in [0.1, 0.15) is 18.4 Å². The van der Waals surface area contributed by atoms with E-state index in [1.807, 2.05) is 24.3 Å². The van der Waals surface area contributed by atoms with E-state index >= 15 is 0 Å². The van der Waals surface area contributed by atoms with Gasteiger partial charge in [0.25, 0.3) is 0 Å². The molecule has 0 radical (unpaired) electrons. The number of nitrogens with zero attached hydrogens (tertiary/aromatic N) is 3.